The molecule has 1 atom stereocenters. The Hall–Kier alpha value is -1.55. The standard InChI is InChI=1S/C13H13ClN2O2/c14-9-3-1-2-4-10(9)15-11-7-12(17)16(13(11)18)8-5-6-8/h1-4,8,11,15H,5-7H2. The van der Waals surface area contributed by atoms with Crippen molar-refractivity contribution in [2.24, 2.45) is 0 Å². The summed E-state index contributed by atoms with van der Waals surface area (Å²) in [4.78, 5) is 25.3. The second-order valence-corrected chi connectivity index (χ2v) is 5.12. The first-order valence-corrected chi connectivity index (χ1v) is 6.41. The van der Waals surface area contributed by atoms with Gasteiger partial charge < -0.3 is 5.32 Å². The predicted molar refractivity (Wildman–Crippen MR) is 68.4 cm³/mol. The number of nitrogens with zero attached hydrogens (tertiary/aromatic N) is 1. The van der Waals surface area contributed by atoms with E-state index in [-0.39, 0.29) is 24.3 Å². The number of hydrogen-bond acceptors (Lipinski definition) is 3. The predicted octanol–water partition coefficient (Wildman–Crippen LogP) is 2.04. The fraction of sp³-hybridized carbons (Fsp3) is 0.385. The topological polar surface area (TPSA) is 49.4 Å². The molecule has 1 aromatic rings. The Morgan fingerprint density at radius 3 is 2.61 bits per heavy atom. The number of amides is 2. The third kappa shape index (κ3) is 1.97. The van der Waals surface area contributed by atoms with Gasteiger partial charge in [-0.15, -0.1) is 0 Å². The molecule has 1 aromatic carbocycles. The van der Waals surface area contributed by atoms with Crippen LogP contribution in [0.3, 0.4) is 0 Å². The molecule has 2 amide bonds. The maximum Gasteiger partial charge on any atom is 0.252 e. The van der Waals surface area contributed by atoms with Gasteiger partial charge in [0.15, 0.2) is 0 Å². The van der Waals surface area contributed by atoms with Crippen molar-refractivity contribution in [3.63, 3.8) is 0 Å². The van der Waals surface area contributed by atoms with Crippen LogP contribution in [0.5, 0.6) is 0 Å². The van der Waals surface area contributed by atoms with Crippen LogP contribution in [0.1, 0.15) is 19.3 Å². The molecule has 1 unspecified atom stereocenters. The van der Waals surface area contributed by atoms with Crippen LogP contribution in [-0.2, 0) is 9.59 Å². The zero-order chi connectivity index (χ0) is 12.7. The number of benzene rings is 1. The van der Waals surface area contributed by atoms with Crippen molar-refractivity contribution < 1.29 is 9.59 Å². The highest BCUT2D eigenvalue weighted by atomic mass is 35.5. The van der Waals surface area contributed by atoms with Gasteiger partial charge in [-0.05, 0) is 25.0 Å². The molecule has 1 aliphatic carbocycles. The lowest BCUT2D eigenvalue weighted by Gasteiger charge is -2.15. The van der Waals surface area contributed by atoms with Gasteiger partial charge in [-0.1, -0.05) is 23.7 Å². The van der Waals surface area contributed by atoms with Crippen molar-refractivity contribution in [3.05, 3.63) is 29.3 Å². The Balaban J connectivity index is 1.76. The fourth-order valence-electron chi connectivity index (χ4n) is 2.25. The first kappa shape index (κ1) is 11.5. The van der Waals surface area contributed by atoms with E-state index in [4.69, 9.17) is 11.6 Å². The van der Waals surface area contributed by atoms with E-state index in [9.17, 15) is 9.59 Å². The number of carbonyl (C=O) groups is 2. The number of hydrogen-bond donors (Lipinski definition) is 1. The summed E-state index contributed by atoms with van der Waals surface area (Å²) >= 11 is 6.03. The van der Waals surface area contributed by atoms with Crippen molar-refractivity contribution in [1.29, 1.82) is 0 Å². The summed E-state index contributed by atoms with van der Waals surface area (Å²) in [6, 6.07) is 6.89. The average Bonchev–Trinajstić information content (AvgIpc) is 3.11. The lowest BCUT2D eigenvalue weighted by Crippen LogP contribution is -2.36. The largest absolute Gasteiger partial charge is 0.372 e. The molecule has 18 heavy (non-hydrogen) atoms. The van der Waals surface area contributed by atoms with E-state index >= 15 is 0 Å². The SMILES string of the molecule is O=C1CC(Nc2ccccc2Cl)C(=O)N1C1CC1. The van der Waals surface area contributed by atoms with Gasteiger partial charge in [-0.25, -0.2) is 0 Å². The minimum absolute atomic E-state index is 0.0768. The van der Waals surface area contributed by atoms with Crippen LogP contribution in [0.2, 0.25) is 5.02 Å². The van der Waals surface area contributed by atoms with Crippen molar-refractivity contribution in [3.8, 4) is 0 Å². The van der Waals surface area contributed by atoms with E-state index in [1.165, 1.54) is 4.90 Å². The van der Waals surface area contributed by atoms with Gasteiger partial charge in [0.05, 0.1) is 17.1 Å². The quantitative estimate of drug-likeness (QED) is 0.850. The number of para-hydroxylation sites is 1. The molecule has 1 N–H and O–H groups in total. The number of likely N-dealkylation sites (tertiary alicyclic amines) is 1. The Bertz CT molecular complexity index is 513. The van der Waals surface area contributed by atoms with E-state index in [0.717, 1.165) is 12.8 Å². The summed E-state index contributed by atoms with van der Waals surface area (Å²) in [5.41, 5.74) is 0.697. The normalized spacial score (nSPS) is 23.6. The lowest BCUT2D eigenvalue weighted by molar-refractivity contribution is -0.139. The molecule has 0 radical (unpaired) electrons. The summed E-state index contributed by atoms with van der Waals surface area (Å²) in [7, 11) is 0. The number of nitrogens with one attached hydrogen (secondary N) is 1. The summed E-state index contributed by atoms with van der Waals surface area (Å²) < 4.78 is 0. The first-order chi connectivity index (χ1) is 8.66. The zero-order valence-electron chi connectivity index (χ0n) is 9.73. The van der Waals surface area contributed by atoms with Crippen LogP contribution in [0, 0.1) is 0 Å². The molecule has 0 bridgehead atoms. The molecule has 2 aliphatic rings. The molecule has 4 nitrogen and oxygen atoms in total. The Morgan fingerprint density at radius 1 is 1.22 bits per heavy atom. The third-order valence-electron chi connectivity index (χ3n) is 3.30. The monoisotopic (exact) mass is 264 g/mol. The Labute approximate surface area is 110 Å². The van der Waals surface area contributed by atoms with E-state index in [0.29, 0.717) is 10.7 Å². The second kappa shape index (κ2) is 4.28. The van der Waals surface area contributed by atoms with E-state index in [1.807, 2.05) is 12.1 Å². The molecule has 0 spiro atoms. The summed E-state index contributed by atoms with van der Waals surface area (Å²) in [5, 5.41) is 3.62. The van der Waals surface area contributed by atoms with E-state index < -0.39 is 6.04 Å². The molecular weight excluding hydrogens is 252 g/mol. The molecule has 0 aromatic heterocycles. The molecule has 3 rings (SSSR count). The zero-order valence-corrected chi connectivity index (χ0v) is 10.5. The summed E-state index contributed by atoms with van der Waals surface area (Å²) in [6.45, 7) is 0. The molecular formula is C13H13ClN2O2. The van der Waals surface area contributed by atoms with Crippen LogP contribution >= 0.6 is 11.6 Å². The highest BCUT2D eigenvalue weighted by molar-refractivity contribution is 6.33. The number of rotatable bonds is 3. The molecule has 1 saturated heterocycles. The van der Waals surface area contributed by atoms with Crippen LogP contribution in [0.25, 0.3) is 0 Å². The smallest absolute Gasteiger partial charge is 0.252 e. The molecule has 94 valence electrons. The molecule has 5 heteroatoms. The van der Waals surface area contributed by atoms with Crippen LogP contribution in [0.15, 0.2) is 24.3 Å². The minimum atomic E-state index is -0.474. The van der Waals surface area contributed by atoms with Gasteiger partial charge in [0, 0.05) is 6.04 Å². The maximum absolute atomic E-state index is 12.1. The second-order valence-electron chi connectivity index (χ2n) is 4.71. The summed E-state index contributed by atoms with van der Waals surface area (Å²) in [6.07, 6.45) is 2.10. The van der Waals surface area contributed by atoms with Gasteiger partial charge in [0.2, 0.25) is 5.91 Å². The fourth-order valence-corrected chi connectivity index (χ4v) is 2.44. The lowest BCUT2D eigenvalue weighted by atomic mass is 10.2. The van der Waals surface area contributed by atoms with Gasteiger partial charge >= 0.3 is 0 Å². The average molecular weight is 265 g/mol. The van der Waals surface area contributed by atoms with E-state index in [2.05, 4.69) is 5.32 Å². The molecule has 1 aliphatic heterocycles. The Kier molecular flexibility index (Phi) is 2.74. The van der Waals surface area contributed by atoms with Crippen molar-refractivity contribution in [1.82, 2.24) is 4.90 Å². The van der Waals surface area contributed by atoms with Gasteiger partial charge in [0.1, 0.15) is 6.04 Å². The van der Waals surface area contributed by atoms with Gasteiger partial charge in [0.25, 0.3) is 5.91 Å². The Morgan fingerprint density at radius 2 is 1.94 bits per heavy atom. The van der Waals surface area contributed by atoms with Crippen LogP contribution < -0.4 is 5.32 Å². The number of halogens is 1. The molecule has 1 heterocycles. The van der Waals surface area contributed by atoms with Gasteiger partial charge in [-0.3, -0.25) is 14.5 Å². The van der Waals surface area contributed by atoms with Crippen molar-refractivity contribution in [2.75, 3.05) is 5.32 Å². The number of anilines is 1. The molecule has 1 saturated carbocycles. The first-order valence-electron chi connectivity index (χ1n) is 6.04. The number of carbonyl (C=O) groups excluding carboxylic acids is 2. The van der Waals surface area contributed by atoms with Crippen molar-refractivity contribution in [2.45, 2.75) is 31.3 Å². The highest BCUT2D eigenvalue weighted by Crippen LogP contribution is 2.33. The van der Waals surface area contributed by atoms with Crippen LogP contribution in [0.4, 0.5) is 5.69 Å². The molecule has 2 fully saturated rings. The maximum atomic E-state index is 12.1. The van der Waals surface area contributed by atoms with Crippen LogP contribution in [-0.4, -0.2) is 28.8 Å². The highest BCUT2D eigenvalue weighted by Gasteiger charge is 2.46. The summed E-state index contributed by atoms with van der Waals surface area (Å²) in [5.74, 6) is -0.200. The minimum Gasteiger partial charge on any atom is -0.372 e. The van der Waals surface area contributed by atoms with Gasteiger partial charge in [-0.2, -0.15) is 0 Å². The third-order valence-corrected chi connectivity index (χ3v) is 3.63. The van der Waals surface area contributed by atoms with Crippen molar-refractivity contribution >= 4 is 29.1 Å². The number of imide groups is 1. The van der Waals surface area contributed by atoms with E-state index in [1.54, 1.807) is 12.1 Å².